The van der Waals surface area contributed by atoms with E-state index in [4.69, 9.17) is 0 Å². The minimum atomic E-state index is 0. The molecule has 0 aliphatic rings. The fourth-order valence-corrected chi connectivity index (χ4v) is 2.43. The third-order valence-corrected chi connectivity index (χ3v) is 3.68. The number of rotatable bonds is 13. The van der Waals surface area contributed by atoms with Crippen molar-refractivity contribution >= 4 is 0 Å². The predicted octanol–water partition coefficient (Wildman–Crippen LogP) is 2.71. The van der Waals surface area contributed by atoms with Gasteiger partial charge in [0, 0.05) is 0 Å². The van der Waals surface area contributed by atoms with E-state index in [1.807, 2.05) is 0 Å². The van der Waals surface area contributed by atoms with Gasteiger partial charge in [0.2, 0.25) is 0 Å². The van der Waals surface area contributed by atoms with Gasteiger partial charge in [-0.2, -0.15) is 0 Å². The maximum absolute atomic E-state index is 2.29. The van der Waals surface area contributed by atoms with Gasteiger partial charge in [0.05, 0.1) is 27.7 Å². The largest absolute Gasteiger partial charge is 1.00 e. The van der Waals surface area contributed by atoms with Crippen molar-refractivity contribution in [2.75, 3.05) is 27.7 Å². The van der Waals surface area contributed by atoms with E-state index in [1.54, 1.807) is 0 Å². The summed E-state index contributed by atoms with van der Waals surface area (Å²) in [5.74, 6) is 0. The van der Waals surface area contributed by atoms with Crippen LogP contribution in [0, 0.1) is 0 Å². The first kappa shape index (κ1) is 28.9. The van der Waals surface area contributed by atoms with Gasteiger partial charge in [-0.1, -0.05) is 71.1 Å². The van der Waals surface area contributed by atoms with Gasteiger partial charge >= 0.3 is 0 Å². The zero-order chi connectivity index (χ0) is 13.7. The maximum atomic E-state index is 2.29. The molecule has 0 rings (SSSR count). The second-order valence-electron chi connectivity index (χ2n) is 6.90. The molecule has 0 fully saturated rings. The second kappa shape index (κ2) is 19.8. The lowest BCUT2D eigenvalue weighted by Gasteiger charge is -2.23. The summed E-state index contributed by atoms with van der Waals surface area (Å²) in [4.78, 5) is 0. The first-order valence-electron chi connectivity index (χ1n) is 8.36. The molecule has 0 aliphatic carbocycles. The lowest BCUT2D eigenvalue weighted by molar-refractivity contribution is -0.870. The molecule has 134 valence electrons. The molecule has 0 amide bonds. The standard InChI is InChI=1S/C17H38N.2FH.H3N/c1-5-6-7-8-9-10-11-12-13-14-15-16-17-18(2,3)4;;;/h5-17H2,1-4H3;2*1H;1H3/q+1;;;/p-1. The highest BCUT2D eigenvalue weighted by atomic mass is 19.0. The molecule has 2 nitrogen and oxygen atoms in total. The van der Waals surface area contributed by atoms with E-state index in [0.29, 0.717) is 0 Å². The van der Waals surface area contributed by atoms with E-state index in [0.717, 1.165) is 4.48 Å². The summed E-state index contributed by atoms with van der Waals surface area (Å²) >= 11 is 0. The SMILES string of the molecule is CCCCCCCCCCCCCC[N+](C)(C)C.F.N.[F-]. The van der Waals surface area contributed by atoms with Crippen LogP contribution >= 0.6 is 0 Å². The number of hydrogen-bond donors (Lipinski definition) is 1. The van der Waals surface area contributed by atoms with E-state index in [9.17, 15) is 0 Å². The highest BCUT2D eigenvalue weighted by molar-refractivity contribution is 4.48. The Hall–Kier alpha value is -0.220. The second-order valence-corrected chi connectivity index (χ2v) is 6.90. The lowest BCUT2D eigenvalue weighted by Crippen LogP contribution is -3.00. The molecule has 0 radical (unpaired) electrons. The van der Waals surface area contributed by atoms with Gasteiger partial charge in [-0.05, 0) is 12.8 Å². The fraction of sp³-hybridized carbons (Fsp3) is 1.00. The van der Waals surface area contributed by atoms with Crippen LogP contribution in [0.25, 0.3) is 0 Å². The first-order valence-corrected chi connectivity index (χ1v) is 8.36. The summed E-state index contributed by atoms with van der Waals surface area (Å²) in [5.41, 5.74) is 0. The monoisotopic (exact) mass is 312 g/mol. The molecule has 21 heavy (non-hydrogen) atoms. The van der Waals surface area contributed by atoms with Crippen molar-refractivity contribution in [3.8, 4) is 0 Å². The highest BCUT2D eigenvalue weighted by Gasteiger charge is 2.04. The topological polar surface area (TPSA) is 35.0 Å². The van der Waals surface area contributed by atoms with Crippen LogP contribution in [-0.4, -0.2) is 32.2 Å². The van der Waals surface area contributed by atoms with Crippen LogP contribution in [0.15, 0.2) is 0 Å². The number of nitrogens with zero attached hydrogens (tertiary/aromatic N) is 1. The number of halogens is 2. The van der Waals surface area contributed by atoms with Crippen LogP contribution < -0.4 is 10.9 Å². The molecule has 4 heteroatoms. The number of unbranched alkanes of at least 4 members (excludes halogenated alkanes) is 11. The van der Waals surface area contributed by atoms with Gasteiger partial charge in [0.1, 0.15) is 0 Å². The molecule has 0 aromatic heterocycles. The van der Waals surface area contributed by atoms with Crippen molar-refractivity contribution in [2.45, 2.75) is 84.0 Å². The quantitative estimate of drug-likeness (QED) is 0.412. The van der Waals surface area contributed by atoms with Gasteiger partial charge in [-0.3, -0.25) is 4.70 Å². The van der Waals surface area contributed by atoms with Crippen molar-refractivity contribution in [1.29, 1.82) is 0 Å². The fourth-order valence-electron chi connectivity index (χ4n) is 2.43. The summed E-state index contributed by atoms with van der Waals surface area (Å²) in [6.45, 7) is 3.62. The van der Waals surface area contributed by atoms with E-state index < -0.39 is 0 Å². The smallest absolute Gasteiger partial charge is 0.0780 e. The van der Waals surface area contributed by atoms with Gasteiger partial charge in [0.15, 0.2) is 0 Å². The molecular weight excluding hydrogens is 270 g/mol. The normalized spacial score (nSPS) is 10.3. The molecule has 0 bridgehead atoms. The van der Waals surface area contributed by atoms with E-state index in [2.05, 4.69) is 28.1 Å². The summed E-state index contributed by atoms with van der Waals surface area (Å²) < 4.78 is 1.12. The Morgan fingerprint density at radius 2 is 0.857 bits per heavy atom. The lowest BCUT2D eigenvalue weighted by atomic mass is 10.1. The van der Waals surface area contributed by atoms with Gasteiger partial charge in [-0.15, -0.1) is 0 Å². The van der Waals surface area contributed by atoms with Crippen LogP contribution in [0.3, 0.4) is 0 Å². The molecular formula is C17H42F2N2. The van der Waals surface area contributed by atoms with Crippen LogP contribution in [0.1, 0.15) is 84.0 Å². The molecule has 0 unspecified atom stereocenters. The predicted molar refractivity (Wildman–Crippen MR) is 91.5 cm³/mol. The Bertz CT molecular complexity index is 171. The summed E-state index contributed by atoms with van der Waals surface area (Å²) in [5, 5.41) is 0. The van der Waals surface area contributed by atoms with Gasteiger partial charge in [0.25, 0.3) is 0 Å². The van der Waals surface area contributed by atoms with Gasteiger partial charge in [-0.25, -0.2) is 0 Å². The number of quaternary nitrogens is 1. The molecule has 0 aromatic rings. The Balaban J connectivity index is -0.000000482. The minimum absolute atomic E-state index is 0. The molecule has 0 spiro atoms. The molecule has 3 N–H and O–H groups in total. The Morgan fingerprint density at radius 3 is 1.14 bits per heavy atom. The van der Waals surface area contributed by atoms with Crippen LogP contribution in [0.2, 0.25) is 0 Å². The number of hydrogen-bond acceptors (Lipinski definition) is 1. The van der Waals surface area contributed by atoms with E-state index in [-0.39, 0.29) is 15.6 Å². The summed E-state index contributed by atoms with van der Waals surface area (Å²) in [6.07, 6.45) is 17.4. The van der Waals surface area contributed by atoms with Crippen molar-refractivity contribution in [3.63, 3.8) is 0 Å². The van der Waals surface area contributed by atoms with Crippen molar-refractivity contribution in [3.05, 3.63) is 0 Å². The van der Waals surface area contributed by atoms with E-state index in [1.165, 1.54) is 83.6 Å². The van der Waals surface area contributed by atoms with Crippen LogP contribution in [0.4, 0.5) is 4.70 Å². The zero-order valence-corrected chi connectivity index (χ0v) is 15.1. The molecule has 0 saturated carbocycles. The maximum Gasteiger partial charge on any atom is 0.0780 e. The highest BCUT2D eigenvalue weighted by Crippen LogP contribution is 2.12. The average molecular weight is 313 g/mol. The first-order chi connectivity index (χ1) is 8.56. The van der Waals surface area contributed by atoms with Crippen LogP contribution in [0.5, 0.6) is 0 Å². The molecule has 0 saturated heterocycles. The minimum Gasteiger partial charge on any atom is -1.00 e. The third kappa shape index (κ3) is 28.6. The molecule has 0 aromatic carbocycles. The zero-order valence-electron chi connectivity index (χ0n) is 15.1. The summed E-state index contributed by atoms with van der Waals surface area (Å²) in [6, 6.07) is 0. The summed E-state index contributed by atoms with van der Waals surface area (Å²) in [7, 11) is 6.87. The van der Waals surface area contributed by atoms with Crippen LogP contribution in [-0.2, 0) is 0 Å². The third-order valence-electron chi connectivity index (χ3n) is 3.68. The Morgan fingerprint density at radius 1 is 0.571 bits per heavy atom. The van der Waals surface area contributed by atoms with Crippen molar-refractivity contribution in [1.82, 2.24) is 6.15 Å². The van der Waals surface area contributed by atoms with Crippen molar-refractivity contribution < 1.29 is 13.9 Å². The van der Waals surface area contributed by atoms with Crippen molar-refractivity contribution in [2.24, 2.45) is 0 Å². The van der Waals surface area contributed by atoms with E-state index >= 15 is 0 Å². The molecule has 0 heterocycles. The van der Waals surface area contributed by atoms with Gasteiger partial charge < -0.3 is 15.3 Å². The Kier molecular flexibility index (Phi) is 27.2. The molecule has 0 aliphatic heterocycles. The average Bonchev–Trinajstić information content (AvgIpc) is 2.29. The Labute approximate surface area is 132 Å². The molecule has 0 atom stereocenters.